The molecule has 1 aromatic heterocycles. The molecule has 0 spiro atoms. The van der Waals surface area contributed by atoms with E-state index in [0.717, 1.165) is 25.7 Å². The van der Waals surface area contributed by atoms with Crippen LogP contribution in [-0.4, -0.2) is 14.8 Å². The summed E-state index contributed by atoms with van der Waals surface area (Å²) in [6.45, 7) is 0. The van der Waals surface area contributed by atoms with E-state index in [9.17, 15) is 8.78 Å². The predicted molar refractivity (Wildman–Crippen MR) is 49.9 cm³/mol. The first-order chi connectivity index (χ1) is 6.70. The van der Waals surface area contributed by atoms with Crippen molar-refractivity contribution < 1.29 is 8.78 Å². The van der Waals surface area contributed by atoms with Crippen LogP contribution in [0.3, 0.4) is 0 Å². The third-order valence-electron chi connectivity index (χ3n) is 2.62. The van der Waals surface area contributed by atoms with Crippen LogP contribution in [0.1, 0.15) is 44.0 Å². The maximum atomic E-state index is 12.5. The van der Waals surface area contributed by atoms with Crippen LogP contribution < -0.4 is 0 Å². The molecule has 0 aromatic carbocycles. The zero-order chi connectivity index (χ0) is 10.1. The Kier molecular flexibility index (Phi) is 2.62. The van der Waals surface area contributed by atoms with Crippen molar-refractivity contribution in [2.24, 2.45) is 0 Å². The molecule has 0 saturated heterocycles. The third-order valence-corrected chi connectivity index (χ3v) is 2.90. The van der Waals surface area contributed by atoms with E-state index in [1.807, 2.05) is 0 Å². The van der Waals surface area contributed by atoms with E-state index < -0.39 is 6.43 Å². The zero-order valence-corrected chi connectivity index (χ0v) is 8.36. The van der Waals surface area contributed by atoms with Gasteiger partial charge in [0.25, 0.3) is 6.43 Å². The average molecular weight is 219 g/mol. The van der Waals surface area contributed by atoms with Crippen LogP contribution in [-0.2, 0) is 0 Å². The highest BCUT2D eigenvalue weighted by Crippen LogP contribution is 2.32. The smallest absolute Gasteiger partial charge is 0.296 e. The number of rotatable bonds is 2. The molecule has 0 aliphatic heterocycles. The fraction of sp³-hybridized carbons (Fsp3) is 0.750. The Morgan fingerprint density at radius 3 is 2.64 bits per heavy atom. The van der Waals surface area contributed by atoms with Crippen LogP contribution in [0.25, 0.3) is 0 Å². The number of halogens is 2. The van der Waals surface area contributed by atoms with Crippen LogP contribution >= 0.6 is 12.2 Å². The average Bonchev–Trinajstić information content (AvgIpc) is 2.71. The molecule has 1 fully saturated rings. The molecular formula is C8H11F2N3S. The SMILES string of the molecule is FC(F)c1n[nH]c(=S)n1C1CCCC1. The molecule has 6 heteroatoms. The Hall–Kier alpha value is -0.780. The molecule has 1 heterocycles. The Balaban J connectivity index is 2.38. The minimum absolute atomic E-state index is 0.116. The number of aromatic amines is 1. The van der Waals surface area contributed by atoms with Gasteiger partial charge in [-0.1, -0.05) is 12.8 Å². The van der Waals surface area contributed by atoms with Crippen LogP contribution in [0.5, 0.6) is 0 Å². The molecule has 14 heavy (non-hydrogen) atoms. The van der Waals surface area contributed by atoms with Gasteiger partial charge in [0.2, 0.25) is 0 Å². The molecule has 1 aromatic rings. The molecule has 78 valence electrons. The van der Waals surface area contributed by atoms with E-state index in [1.54, 1.807) is 0 Å². The van der Waals surface area contributed by atoms with Crippen molar-refractivity contribution in [1.29, 1.82) is 0 Å². The van der Waals surface area contributed by atoms with E-state index in [4.69, 9.17) is 12.2 Å². The highest BCUT2D eigenvalue weighted by atomic mass is 32.1. The molecule has 0 amide bonds. The number of H-pyrrole nitrogens is 1. The highest BCUT2D eigenvalue weighted by molar-refractivity contribution is 7.71. The van der Waals surface area contributed by atoms with Gasteiger partial charge in [-0.3, -0.25) is 9.67 Å². The summed E-state index contributed by atoms with van der Waals surface area (Å²) in [6, 6.07) is 0.116. The molecule has 1 saturated carbocycles. The van der Waals surface area contributed by atoms with Crippen molar-refractivity contribution in [2.45, 2.75) is 38.2 Å². The topological polar surface area (TPSA) is 33.6 Å². The molecular weight excluding hydrogens is 208 g/mol. The predicted octanol–water partition coefficient (Wildman–Crippen LogP) is 2.99. The summed E-state index contributed by atoms with van der Waals surface area (Å²) in [6.07, 6.45) is 1.46. The van der Waals surface area contributed by atoms with E-state index in [2.05, 4.69) is 10.2 Å². The van der Waals surface area contributed by atoms with Gasteiger partial charge >= 0.3 is 0 Å². The van der Waals surface area contributed by atoms with Crippen molar-refractivity contribution >= 4 is 12.2 Å². The first-order valence-electron chi connectivity index (χ1n) is 4.65. The van der Waals surface area contributed by atoms with Crippen molar-refractivity contribution in [3.05, 3.63) is 10.6 Å². The summed E-state index contributed by atoms with van der Waals surface area (Å²) >= 11 is 4.94. The van der Waals surface area contributed by atoms with Crippen molar-refractivity contribution in [3.8, 4) is 0 Å². The normalized spacial score (nSPS) is 18.2. The molecule has 0 unspecified atom stereocenters. The number of nitrogens with one attached hydrogen (secondary N) is 1. The van der Waals surface area contributed by atoms with Crippen LogP contribution in [0.4, 0.5) is 8.78 Å². The van der Waals surface area contributed by atoms with Gasteiger partial charge < -0.3 is 0 Å². The minimum atomic E-state index is -2.55. The lowest BCUT2D eigenvalue weighted by atomic mass is 10.2. The summed E-state index contributed by atoms with van der Waals surface area (Å²) in [5.41, 5.74) is 0. The molecule has 2 rings (SSSR count). The quantitative estimate of drug-likeness (QED) is 0.776. The summed E-state index contributed by atoms with van der Waals surface area (Å²) in [7, 11) is 0. The second kappa shape index (κ2) is 3.76. The molecule has 0 atom stereocenters. The van der Waals surface area contributed by atoms with Gasteiger partial charge in [0.15, 0.2) is 10.6 Å². The van der Waals surface area contributed by atoms with E-state index >= 15 is 0 Å². The van der Waals surface area contributed by atoms with Gasteiger partial charge in [-0.2, -0.15) is 5.10 Å². The number of nitrogens with zero attached hydrogens (tertiary/aromatic N) is 2. The van der Waals surface area contributed by atoms with Gasteiger partial charge in [-0.15, -0.1) is 0 Å². The third kappa shape index (κ3) is 1.58. The van der Waals surface area contributed by atoms with Crippen LogP contribution in [0, 0.1) is 4.77 Å². The molecule has 3 nitrogen and oxygen atoms in total. The van der Waals surface area contributed by atoms with Crippen molar-refractivity contribution in [3.63, 3.8) is 0 Å². The molecule has 1 aliphatic rings. The van der Waals surface area contributed by atoms with Crippen molar-refractivity contribution in [1.82, 2.24) is 14.8 Å². The van der Waals surface area contributed by atoms with Crippen LogP contribution in [0.2, 0.25) is 0 Å². The van der Waals surface area contributed by atoms with E-state index in [1.165, 1.54) is 4.57 Å². The Bertz CT molecular complexity index is 365. The van der Waals surface area contributed by atoms with Crippen LogP contribution in [0.15, 0.2) is 0 Å². The Morgan fingerprint density at radius 2 is 2.07 bits per heavy atom. The van der Waals surface area contributed by atoms with Gasteiger partial charge in [-0.25, -0.2) is 8.78 Å². The summed E-state index contributed by atoms with van der Waals surface area (Å²) in [5, 5.41) is 5.99. The highest BCUT2D eigenvalue weighted by Gasteiger charge is 2.24. The first kappa shape index (κ1) is 9.76. The minimum Gasteiger partial charge on any atom is -0.296 e. The van der Waals surface area contributed by atoms with Gasteiger partial charge in [0.05, 0.1) is 0 Å². The number of aromatic nitrogens is 3. The standard InChI is InChI=1S/C8H11F2N3S/c9-6(10)7-11-12-8(14)13(7)5-3-1-2-4-5/h5-6H,1-4H2,(H,12,14). The van der Waals surface area contributed by atoms with Gasteiger partial charge in [0, 0.05) is 6.04 Å². The maximum absolute atomic E-state index is 12.5. The number of hydrogen-bond donors (Lipinski definition) is 1. The molecule has 0 bridgehead atoms. The fourth-order valence-electron chi connectivity index (χ4n) is 1.99. The summed E-state index contributed by atoms with van der Waals surface area (Å²) in [5.74, 6) is -0.220. The van der Waals surface area contributed by atoms with Gasteiger partial charge in [-0.05, 0) is 25.1 Å². The number of alkyl halides is 2. The Labute approximate surface area is 85.1 Å². The first-order valence-corrected chi connectivity index (χ1v) is 5.06. The fourth-order valence-corrected chi connectivity index (χ4v) is 2.27. The second-order valence-corrected chi connectivity index (χ2v) is 3.88. The van der Waals surface area contributed by atoms with E-state index in [-0.39, 0.29) is 11.9 Å². The molecule has 1 N–H and O–H groups in total. The second-order valence-electron chi connectivity index (χ2n) is 3.50. The molecule has 1 aliphatic carbocycles. The monoisotopic (exact) mass is 219 g/mol. The maximum Gasteiger partial charge on any atom is 0.297 e. The summed E-state index contributed by atoms with van der Waals surface area (Å²) < 4.78 is 26.9. The lowest BCUT2D eigenvalue weighted by Gasteiger charge is -2.12. The largest absolute Gasteiger partial charge is 0.297 e. The lowest BCUT2D eigenvalue weighted by molar-refractivity contribution is 0.132. The van der Waals surface area contributed by atoms with Crippen molar-refractivity contribution in [2.75, 3.05) is 0 Å². The summed E-state index contributed by atoms with van der Waals surface area (Å²) in [4.78, 5) is 0. The lowest BCUT2D eigenvalue weighted by Crippen LogP contribution is -2.09. The number of hydrogen-bond acceptors (Lipinski definition) is 2. The van der Waals surface area contributed by atoms with Gasteiger partial charge in [0.1, 0.15) is 0 Å². The molecule has 0 radical (unpaired) electrons. The Morgan fingerprint density at radius 1 is 1.43 bits per heavy atom. The zero-order valence-electron chi connectivity index (χ0n) is 7.54. The van der Waals surface area contributed by atoms with E-state index in [0.29, 0.717) is 4.77 Å².